The number of rotatable bonds is 1. The molecule has 0 spiro atoms. The molecule has 2 amide bonds. The monoisotopic (exact) mass is 197 g/mol. The molecule has 4 heteroatoms. The van der Waals surface area contributed by atoms with Crippen LogP contribution in [-0.4, -0.2) is 37.1 Å². The zero-order chi connectivity index (χ0) is 10.2. The summed E-state index contributed by atoms with van der Waals surface area (Å²) < 4.78 is 0. The molecular formula is C10H19N3O. The first-order valence-electron chi connectivity index (χ1n) is 5.40. The van der Waals surface area contributed by atoms with Crippen molar-refractivity contribution in [1.29, 1.82) is 0 Å². The van der Waals surface area contributed by atoms with E-state index < -0.39 is 0 Å². The molecule has 0 aliphatic carbocycles. The lowest BCUT2D eigenvalue weighted by atomic mass is 9.71. The van der Waals surface area contributed by atoms with E-state index in [2.05, 4.69) is 12.2 Å². The SMILES string of the molecule is CCC12CNCC(CN(C(N)=O)C1)C2. The van der Waals surface area contributed by atoms with Crippen molar-refractivity contribution >= 4 is 6.03 Å². The summed E-state index contributed by atoms with van der Waals surface area (Å²) in [6, 6.07) is -0.255. The Labute approximate surface area is 84.8 Å². The Bertz CT molecular complexity index is 244. The highest BCUT2D eigenvalue weighted by atomic mass is 16.2. The van der Waals surface area contributed by atoms with Gasteiger partial charge in [0.2, 0.25) is 0 Å². The van der Waals surface area contributed by atoms with Crippen LogP contribution in [0.5, 0.6) is 0 Å². The smallest absolute Gasteiger partial charge is 0.314 e. The zero-order valence-electron chi connectivity index (χ0n) is 8.75. The van der Waals surface area contributed by atoms with E-state index in [9.17, 15) is 4.79 Å². The van der Waals surface area contributed by atoms with Crippen molar-refractivity contribution in [3.63, 3.8) is 0 Å². The van der Waals surface area contributed by atoms with E-state index in [-0.39, 0.29) is 11.4 Å². The summed E-state index contributed by atoms with van der Waals surface area (Å²) in [4.78, 5) is 13.0. The van der Waals surface area contributed by atoms with Crippen LogP contribution in [0.2, 0.25) is 0 Å². The molecule has 2 fully saturated rings. The largest absolute Gasteiger partial charge is 0.351 e. The summed E-state index contributed by atoms with van der Waals surface area (Å²) >= 11 is 0. The zero-order valence-corrected chi connectivity index (χ0v) is 8.75. The van der Waals surface area contributed by atoms with Crippen LogP contribution in [0.25, 0.3) is 0 Å². The second-order valence-electron chi connectivity index (χ2n) is 4.77. The van der Waals surface area contributed by atoms with Crippen molar-refractivity contribution in [3.8, 4) is 0 Å². The van der Waals surface area contributed by atoms with Crippen LogP contribution in [0, 0.1) is 11.3 Å². The molecule has 0 aromatic heterocycles. The van der Waals surface area contributed by atoms with Crippen molar-refractivity contribution in [2.45, 2.75) is 19.8 Å². The second kappa shape index (κ2) is 3.42. The first kappa shape index (κ1) is 9.77. The first-order chi connectivity index (χ1) is 6.65. The van der Waals surface area contributed by atoms with E-state index in [1.54, 1.807) is 0 Å². The Morgan fingerprint density at radius 1 is 1.71 bits per heavy atom. The fourth-order valence-corrected chi connectivity index (χ4v) is 2.88. The molecule has 14 heavy (non-hydrogen) atoms. The summed E-state index contributed by atoms with van der Waals surface area (Å²) in [5.41, 5.74) is 5.64. The van der Waals surface area contributed by atoms with Gasteiger partial charge in [-0.25, -0.2) is 4.79 Å². The number of piperidine rings is 2. The maximum absolute atomic E-state index is 11.2. The minimum atomic E-state index is -0.255. The third kappa shape index (κ3) is 1.59. The van der Waals surface area contributed by atoms with Crippen molar-refractivity contribution < 1.29 is 4.79 Å². The topological polar surface area (TPSA) is 58.4 Å². The molecule has 2 saturated heterocycles. The molecule has 2 heterocycles. The summed E-state index contributed by atoms with van der Waals surface area (Å²) in [5, 5.41) is 3.46. The molecule has 2 atom stereocenters. The molecule has 0 aromatic carbocycles. The predicted molar refractivity (Wildman–Crippen MR) is 54.9 cm³/mol. The van der Waals surface area contributed by atoms with E-state index in [1.807, 2.05) is 4.90 Å². The van der Waals surface area contributed by atoms with Gasteiger partial charge in [0.1, 0.15) is 0 Å². The fraction of sp³-hybridized carbons (Fsp3) is 0.900. The average Bonchev–Trinajstić information content (AvgIpc) is 2.17. The number of hydrogen-bond donors (Lipinski definition) is 2. The van der Waals surface area contributed by atoms with Crippen LogP contribution in [0.1, 0.15) is 19.8 Å². The van der Waals surface area contributed by atoms with E-state index in [0.29, 0.717) is 5.92 Å². The third-order valence-electron chi connectivity index (χ3n) is 3.72. The first-order valence-corrected chi connectivity index (χ1v) is 5.40. The minimum Gasteiger partial charge on any atom is -0.351 e. The van der Waals surface area contributed by atoms with E-state index >= 15 is 0 Å². The normalized spacial score (nSPS) is 36.9. The third-order valence-corrected chi connectivity index (χ3v) is 3.72. The molecular weight excluding hydrogens is 178 g/mol. The molecule has 0 radical (unpaired) electrons. The highest BCUT2D eigenvalue weighted by molar-refractivity contribution is 5.72. The van der Waals surface area contributed by atoms with Crippen LogP contribution >= 0.6 is 0 Å². The molecule has 2 aliphatic heterocycles. The molecule has 2 unspecified atom stereocenters. The lowest BCUT2D eigenvalue weighted by Gasteiger charge is -2.49. The van der Waals surface area contributed by atoms with Crippen LogP contribution < -0.4 is 11.1 Å². The van der Waals surface area contributed by atoms with Crippen LogP contribution in [0.15, 0.2) is 0 Å². The number of nitrogens with two attached hydrogens (primary N) is 1. The van der Waals surface area contributed by atoms with Gasteiger partial charge in [-0.2, -0.15) is 0 Å². The standard InChI is InChI=1S/C10H19N3O/c1-2-10-3-8(4-12-6-10)5-13(7-10)9(11)14/h8,12H,2-7H2,1H3,(H2,11,14). The number of urea groups is 1. The maximum Gasteiger partial charge on any atom is 0.314 e. The van der Waals surface area contributed by atoms with Gasteiger partial charge < -0.3 is 16.0 Å². The summed E-state index contributed by atoms with van der Waals surface area (Å²) in [6.45, 7) is 5.94. The Hall–Kier alpha value is -0.770. The number of nitrogens with zero attached hydrogens (tertiary/aromatic N) is 1. The summed E-state index contributed by atoms with van der Waals surface area (Å²) in [6.07, 6.45) is 2.38. The quantitative estimate of drug-likeness (QED) is 0.638. The van der Waals surface area contributed by atoms with E-state index in [4.69, 9.17) is 5.73 Å². The number of hydrogen-bond acceptors (Lipinski definition) is 2. The number of nitrogens with one attached hydrogen (secondary N) is 1. The average molecular weight is 197 g/mol. The number of carbonyl (C=O) groups excluding carboxylic acids is 1. The van der Waals surface area contributed by atoms with Crippen molar-refractivity contribution in [3.05, 3.63) is 0 Å². The molecule has 2 aliphatic rings. The molecule has 3 N–H and O–H groups in total. The van der Waals surface area contributed by atoms with E-state index in [0.717, 1.165) is 32.6 Å². The van der Waals surface area contributed by atoms with Crippen molar-refractivity contribution in [2.75, 3.05) is 26.2 Å². The second-order valence-corrected chi connectivity index (χ2v) is 4.77. The van der Waals surface area contributed by atoms with Gasteiger partial charge in [-0.05, 0) is 25.3 Å². The van der Waals surface area contributed by atoms with Gasteiger partial charge in [-0.15, -0.1) is 0 Å². The number of fused-ring (bicyclic) bond motifs is 2. The maximum atomic E-state index is 11.2. The number of primary amides is 1. The van der Waals surface area contributed by atoms with Gasteiger partial charge in [-0.3, -0.25) is 0 Å². The van der Waals surface area contributed by atoms with Crippen molar-refractivity contribution in [2.24, 2.45) is 17.1 Å². The number of likely N-dealkylation sites (tertiary alicyclic amines) is 1. The molecule has 0 aromatic rings. The fourth-order valence-electron chi connectivity index (χ4n) is 2.88. The van der Waals surface area contributed by atoms with Gasteiger partial charge >= 0.3 is 6.03 Å². The van der Waals surface area contributed by atoms with Gasteiger partial charge in [0.05, 0.1) is 0 Å². The Morgan fingerprint density at radius 3 is 3.14 bits per heavy atom. The Morgan fingerprint density at radius 2 is 2.50 bits per heavy atom. The molecule has 80 valence electrons. The van der Waals surface area contributed by atoms with E-state index in [1.165, 1.54) is 6.42 Å². The van der Waals surface area contributed by atoms with Gasteiger partial charge in [0.15, 0.2) is 0 Å². The lowest BCUT2D eigenvalue weighted by Crippen LogP contribution is -2.59. The minimum absolute atomic E-state index is 0.255. The molecule has 4 nitrogen and oxygen atoms in total. The number of amides is 2. The Balaban J connectivity index is 2.13. The van der Waals surface area contributed by atoms with Crippen LogP contribution in [0.3, 0.4) is 0 Å². The van der Waals surface area contributed by atoms with Gasteiger partial charge in [-0.1, -0.05) is 6.92 Å². The summed E-state index contributed by atoms with van der Waals surface area (Å²) in [5.74, 6) is 0.602. The number of carbonyl (C=O) groups is 1. The summed E-state index contributed by atoms with van der Waals surface area (Å²) in [7, 11) is 0. The molecule has 0 saturated carbocycles. The Kier molecular flexibility index (Phi) is 2.39. The molecule has 2 rings (SSSR count). The van der Waals surface area contributed by atoms with Crippen LogP contribution in [0.4, 0.5) is 4.79 Å². The van der Waals surface area contributed by atoms with Crippen LogP contribution in [-0.2, 0) is 0 Å². The highest BCUT2D eigenvalue weighted by Gasteiger charge is 2.41. The van der Waals surface area contributed by atoms with Gasteiger partial charge in [0, 0.05) is 25.0 Å². The van der Waals surface area contributed by atoms with Gasteiger partial charge in [0.25, 0.3) is 0 Å². The molecule has 2 bridgehead atoms. The highest BCUT2D eigenvalue weighted by Crippen LogP contribution is 2.37. The lowest BCUT2D eigenvalue weighted by molar-refractivity contribution is 0.0401. The van der Waals surface area contributed by atoms with Crippen molar-refractivity contribution in [1.82, 2.24) is 10.2 Å². The predicted octanol–water partition coefficient (Wildman–Crippen LogP) is 0.387.